The Bertz CT molecular complexity index is 217. The van der Waals surface area contributed by atoms with Gasteiger partial charge in [-0.1, -0.05) is 6.08 Å². The first-order valence-electron chi connectivity index (χ1n) is 5.14. The summed E-state index contributed by atoms with van der Waals surface area (Å²) in [5.41, 5.74) is 0.389. The third kappa shape index (κ3) is 16.3. The van der Waals surface area contributed by atoms with Gasteiger partial charge in [0, 0.05) is 5.57 Å². The highest BCUT2D eigenvalue weighted by Gasteiger charge is 2.14. The molecule has 3 nitrogen and oxygen atoms in total. The molecule has 0 rings (SSSR count). The third-order valence-corrected chi connectivity index (χ3v) is 6.07. The van der Waals surface area contributed by atoms with E-state index in [0.29, 0.717) is 5.57 Å². The SMILES string of the molecule is CC=C(C)C(=O)O.C[SiH](C)O[Si](C)(C)C. The van der Waals surface area contributed by atoms with E-state index in [-0.39, 0.29) is 0 Å². The Morgan fingerprint density at radius 3 is 1.73 bits per heavy atom. The lowest BCUT2D eigenvalue weighted by Gasteiger charge is -2.19. The number of rotatable bonds is 3. The van der Waals surface area contributed by atoms with E-state index in [4.69, 9.17) is 9.22 Å². The summed E-state index contributed by atoms with van der Waals surface area (Å²) < 4.78 is 5.72. The highest BCUT2D eigenvalue weighted by atomic mass is 28.4. The first-order chi connectivity index (χ1) is 6.60. The maximum Gasteiger partial charge on any atom is 0.330 e. The molecule has 0 unspecified atom stereocenters. The quantitative estimate of drug-likeness (QED) is 0.617. The number of carboxylic acids is 1. The first-order valence-corrected chi connectivity index (χ1v) is 11.3. The summed E-state index contributed by atoms with van der Waals surface area (Å²) in [5.74, 6) is -0.845. The molecule has 0 aliphatic rings. The van der Waals surface area contributed by atoms with Crippen LogP contribution >= 0.6 is 0 Å². The summed E-state index contributed by atoms with van der Waals surface area (Å²) in [6.07, 6.45) is 1.56. The van der Waals surface area contributed by atoms with Crippen LogP contribution in [0.4, 0.5) is 0 Å². The minimum absolute atomic E-state index is 0.389. The van der Waals surface area contributed by atoms with Crippen molar-refractivity contribution in [2.45, 2.75) is 46.6 Å². The molecule has 0 aromatic heterocycles. The van der Waals surface area contributed by atoms with Crippen LogP contribution in [0.5, 0.6) is 0 Å². The van der Waals surface area contributed by atoms with Crippen molar-refractivity contribution in [3.05, 3.63) is 11.6 Å². The van der Waals surface area contributed by atoms with E-state index < -0.39 is 23.3 Å². The van der Waals surface area contributed by atoms with Crippen molar-refractivity contribution in [1.82, 2.24) is 0 Å². The van der Waals surface area contributed by atoms with Gasteiger partial charge < -0.3 is 9.22 Å². The van der Waals surface area contributed by atoms with Crippen molar-refractivity contribution in [3.8, 4) is 0 Å². The fraction of sp³-hybridized carbons (Fsp3) is 0.700. The van der Waals surface area contributed by atoms with Crippen molar-refractivity contribution < 1.29 is 14.0 Å². The number of aliphatic carboxylic acids is 1. The summed E-state index contributed by atoms with van der Waals surface area (Å²) >= 11 is 0. The zero-order valence-electron chi connectivity index (χ0n) is 10.9. The normalized spacial score (nSPS) is 12.1. The van der Waals surface area contributed by atoms with E-state index in [1.54, 1.807) is 19.9 Å². The van der Waals surface area contributed by atoms with E-state index >= 15 is 0 Å². The lowest BCUT2D eigenvalue weighted by molar-refractivity contribution is -0.132. The highest BCUT2D eigenvalue weighted by Crippen LogP contribution is 2.03. The Balaban J connectivity index is 0. The topological polar surface area (TPSA) is 46.5 Å². The fourth-order valence-corrected chi connectivity index (χ4v) is 6.49. The van der Waals surface area contributed by atoms with Gasteiger partial charge in [0.2, 0.25) is 0 Å². The largest absolute Gasteiger partial charge is 0.478 e. The van der Waals surface area contributed by atoms with E-state index in [0.717, 1.165) is 0 Å². The number of hydrogen-bond acceptors (Lipinski definition) is 2. The van der Waals surface area contributed by atoms with E-state index in [9.17, 15) is 4.79 Å². The molecule has 0 aromatic rings. The standard InChI is InChI=1S/C5H8O2.C5H16OSi2/c1-3-4(2)5(6)7;1-7(2)6-8(3,4)5/h3H,1-2H3,(H,6,7);7H,1-5H3. The van der Waals surface area contributed by atoms with Gasteiger partial charge in [-0.3, -0.25) is 0 Å². The van der Waals surface area contributed by atoms with Crippen LogP contribution in [0, 0.1) is 0 Å². The summed E-state index contributed by atoms with van der Waals surface area (Å²) in [6.45, 7) is 14.4. The summed E-state index contributed by atoms with van der Waals surface area (Å²) in [7, 11) is -1.89. The maximum absolute atomic E-state index is 9.86. The Labute approximate surface area is 96.0 Å². The second-order valence-corrected chi connectivity index (χ2v) is 11.8. The van der Waals surface area contributed by atoms with Crippen LogP contribution in [-0.2, 0) is 8.91 Å². The van der Waals surface area contributed by atoms with Crippen LogP contribution in [0.25, 0.3) is 0 Å². The molecular formula is C10H24O3Si2. The fourth-order valence-electron chi connectivity index (χ4n) is 0.831. The average Bonchev–Trinajstić information content (AvgIpc) is 1.99. The maximum atomic E-state index is 9.86. The van der Waals surface area contributed by atoms with Crippen molar-refractivity contribution in [3.63, 3.8) is 0 Å². The molecule has 90 valence electrons. The second-order valence-electron chi connectivity index (χ2n) is 4.56. The van der Waals surface area contributed by atoms with Gasteiger partial charge in [-0.05, 0) is 46.6 Å². The molecule has 0 bridgehead atoms. The molecule has 15 heavy (non-hydrogen) atoms. The van der Waals surface area contributed by atoms with Crippen LogP contribution in [0.15, 0.2) is 11.6 Å². The molecule has 0 radical (unpaired) electrons. The van der Waals surface area contributed by atoms with Gasteiger partial charge in [0.05, 0.1) is 0 Å². The van der Waals surface area contributed by atoms with Crippen LogP contribution in [0.3, 0.4) is 0 Å². The van der Waals surface area contributed by atoms with E-state index in [1.807, 2.05) is 0 Å². The van der Waals surface area contributed by atoms with Gasteiger partial charge in [0.15, 0.2) is 17.4 Å². The lowest BCUT2D eigenvalue weighted by Crippen LogP contribution is -2.31. The van der Waals surface area contributed by atoms with Crippen molar-refractivity contribution in [2.75, 3.05) is 0 Å². The number of allylic oxidation sites excluding steroid dienone is 1. The van der Waals surface area contributed by atoms with Gasteiger partial charge in [0.25, 0.3) is 0 Å². The molecule has 0 aliphatic carbocycles. The summed E-state index contributed by atoms with van der Waals surface area (Å²) in [6, 6.07) is 0. The molecule has 5 heteroatoms. The van der Waals surface area contributed by atoms with Gasteiger partial charge in [-0.2, -0.15) is 0 Å². The van der Waals surface area contributed by atoms with Crippen LogP contribution in [-0.4, -0.2) is 28.4 Å². The van der Waals surface area contributed by atoms with Gasteiger partial charge in [0.1, 0.15) is 0 Å². The summed E-state index contributed by atoms with van der Waals surface area (Å²) in [5, 5.41) is 8.11. The molecule has 0 fully saturated rings. The minimum atomic E-state index is -1.16. The Morgan fingerprint density at radius 2 is 1.73 bits per heavy atom. The summed E-state index contributed by atoms with van der Waals surface area (Å²) in [4.78, 5) is 9.86. The molecule has 0 heterocycles. The van der Waals surface area contributed by atoms with Crippen LogP contribution < -0.4 is 0 Å². The molecular weight excluding hydrogens is 224 g/mol. The second kappa shape index (κ2) is 7.84. The highest BCUT2D eigenvalue weighted by molar-refractivity contribution is 6.76. The van der Waals surface area contributed by atoms with Crippen molar-refractivity contribution in [1.29, 1.82) is 0 Å². The molecule has 1 N–H and O–H groups in total. The van der Waals surface area contributed by atoms with Gasteiger partial charge in [-0.15, -0.1) is 0 Å². The molecule has 0 amide bonds. The van der Waals surface area contributed by atoms with Crippen LogP contribution in [0.2, 0.25) is 32.7 Å². The predicted molar refractivity (Wildman–Crippen MR) is 70.4 cm³/mol. The molecule has 0 saturated carbocycles. The third-order valence-electron chi connectivity index (χ3n) is 1.36. The van der Waals surface area contributed by atoms with Gasteiger partial charge >= 0.3 is 5.97 Å². The predicted octanol–water partition coefficient (Wildman–Crippen LogP) is 2.86. The monoisotopic (exact) mass is 248 g/mol. The minimum Gasteiger partial charge on any atom is -0.478 e. The van der Waals surface area contributed by atoms with E-state index in [2.05, 4.69) is 32.7 Å². The molecule has 0 aromatic carbocycles. The van der Waals surface area contributed by atoms with Crippen LogP contribution in [0.1, 0.15) is 13.8 Å². The zero-order chi connectivity index (χ0) is 12.6. The first kappa shape index (κ1) is 17.0. The Kier molecular flexibility index (Phi) is 8.89. The van der Waals surface area contributed by atoms with Crippen molar-refractivity contribution >= 4 is 23.3 Å². The number of hydrogen-bond donors (Lipinski definition) is 1. The Hall–Kier alpha value is -0.396. The van der Waals surface area contributed by atoms with Gasteiger partial charge in [-0.25, -0.2) is 4.79 Å². The van der Waals surface area contributed by atoms with E-state index in [1.165, 1.54) is 0 Å². The molecule has 0 atom stereocenters. The average molecular weight is 248 g/mol. The molecule has 0 saturated heterocycles. The smallest absolute Gasteiger partial charge is 0.330 e. The number of carboxylic acid groups (broad SMARTS) is 1. The Morgan fingerprint density at radius 1 is 1.33 bits per heavy atom. The number of carbonyl (C=O) groups is 1. The zero-order valence-corrected chi connectivity index (χ0v) is 13.1. The molecule has 0 spiro atoms. The molecule has 0 aliphatic heterocycles. The van der Waals surface area contributed by atoms with Crippen molar-refractivity contribution in [2.24, 2.45) is 0 Å². The lowest BCUT2D eigenvalue weighted by atomic mass is 10.3.